The quantitative estimate of drug-likeness (QED) is 0.675. The average Bonchev–Trinajstić information content (AvgIpc) is 2.35. The van der Waals surface area contributed by atoms with E-state index in [9.17, 15) is 10.1 Å². The van der Waals surface area contributed by atoms with Crippen molar-refractivity contribution in [3.63, 3.8) is 0 Å². The second-order valence-corrected chi connectivity index (χ2v) is 6.53. The second kappa shape index (κ2) is 6.10. The van der Waals surface area contributed by atoms with Crippen molar-refractivity contribution in [1.82, 2.24) is 4.90 Å². The summed E-state index contributed by atoms with van der Waals surface area (Å²) in [5, 5.41) is 14.3. The average molecular weight is 342 g/mol. The fourth-order valence-electron chi connectivity index (χ4n) is 2.70. The maximum absolute atomic E-state index is 10.8. The lowest BCUT2D eigenvalue weighted by molar-refractivity contribution is -0.385. The molecule has 5 nitrogen and oxygen atoms in total. The van der Waals surface area contributed by atoms with E-state index in [0.717, 1.165) is 18.7 Å². The van der Waals surface area contributed by atoms with Crippen LogP contribution < -0.4 is 5.32 Å². The number of likely N-dealkylation sites (tertiary alicyclic amines) is 1. The smallest absolute Gasteiger partial charge is 0.283 e. The summed E-state index contributed by atoms with van der Waals surface area (Å²) >= 11 is 3.26. The monoisotopic (exact) mass is 341 g/mol. The second-order valence-electron chi connectivity index (χ2n) is 5.68. The van der Waals surface area contributed by atoms with Crippen LogP contribution in [0.25, 0.3) is 0 Å². The molecule has 1 aliphatic heterocycles. The number of nitro benzene ring substituents is 1. The van der Waals surface area contributed by atoms with Crippen LogP contribution >= 0.6 is 15.9 Å². The van der Waals surface area contributed by atoms with Gasteiger partial charge in [0, 0.05) is 30.4 Å². The van der Waals surface area contributed by atoms with Gasteiger partial charge in [-0.15, -0.1) is 0 Å². The van der Waals surface area contributed by atoms with E-state index >= 15 is 0 Å². The number of nitro groups is 1. The van der Waals surface area contributed by atoms with Gasteiger partial charge < -0.3 is 10.2 Å². The number of benzene rings is 1. The zero-order valence-corrected chi connectivity index (χ0v) is 13.6. The maximum atomic E-state index is 10.8. The van der Waals surface area contributed by atoms with Gasteiger partial charge in [0.1, 0.15) is 0 Å². The molecule has 1 aromatic rings. The number of halogens is 1. The molecule has 1 fully saturated rings. The Bertz CT molecular complexity index is 509. The number of rotatable bonds is 3. The summed E-state index contributed by atoms with van der Waals surface area (Å²) in [5.41, 5.74) is 1.02. The molecule has 1 aromatic carbocycles. The predicted octanol–water partition coefficient (Wildman–Crippen LogP) is 3.50. The third-order valence-corrected chi connectivity index (χ3v) is 4.74. The topological polar surface area (TPSA) is 58.4 Å². The largest absolute Gasteiger partial charge is 0.382 e. The minimum atomic E-state index is -0.381. The first-order valence-corrected chi connectivity index (χ1v) is 7.58. The molecule has 0 aromatic heterocycles. The van der Waals surface area contributed by atoms with E-state index in [2.05, 4.69) is 47.0 Å². The van der Waals surface area contributed by atoms with Crippen LogP contribution in [0.4, 0.5) is 11.4 Å². The first-order valence-electron chi connectivity index (χ1n) is 6.79. The zero-order chi connectivity index (χ0) is 14.9. The van der Waals surface area contributed by atoms with Crippen LogP contribution in [0.3, 0.4) is 0 Å². The van der Waals surface area contributed by atoms with Gasteiger partial charge in [0.2, 0.25) is 0 Å². The van der Waals surface area contributed by atoms with Crippen molar-refractivity contribution >= 4 is 27.3 Å². The first-order chi connectivity index (χ1) is 9.38. The molecule has 1 saturated heterocycles. The van der Waals surface area contributed by atoms with Crippen molar-refractivity contribution in [2.75, 3.05) is 18.9 Å². The molecule has 1 aliphatic rings. The van der Waals surface area contributed by atoms with E-state index < -0.39 is 0 Å². The molecule has 1 N–H and O–H groups in total. The zero-order valence-electron chi connectivity index (χ0n) is 12.0. The third kappa shape index (κ3) is 3.30. The molecule has 0 bridgehead atoms. The van der Waals surface area contributed by atoms with Gasteiger partial charge in [-0.05, 0) is 54.4 Å². The van der Waals surface area contributed by atoms with Crippen LogP contribution in [0.1, 0.15) is 20.3 Å². The molecule has 2 rings (SSSR count). The highest BCUT2D eigenvalue weighted by Gasteiger charge is 2.28. The molecule has 0 spiro atoms. The van der Waals surface area contributed by atoms with Crippen LogP contribution in [-0.2, 0) is 0 Å². The summed E-state index contributed by atoms with van der Waals surface area (Å²) in [6.45, 7) is 5.53. The van der Waals surface area contributed by atoms with Gasteiger partial charge in [-0.2, -0.15) is 0 Å². The highest BCUT2D eigenvalue weighted by atomic mass is 79.9. The Morgan fingerprint density at radius 2 is 2.15 bits per heavy atom. The molecular formula is C14H20BrN3O2. The molecule has 0 aliphatic carbocycles. The Morgan fingerprint density at radius 3 is 2.75 bits per heavy atom. The van der Waals surface area contributed by atoms with Gasteiger partial charge in [0.25, 0.3) is 5.69 Å². The van der Waals surface area contributed by atoms with Crippen LogP contribution in [0.15, 0.2) is 22.7 Å². The SMILES string of the molecule is CC1CN(C)C(C)CC1Nc1ccc([N+](=O)[O-])c(Br)c1. The van der Waals surface area contributed by atoms with E-state index in [0.29, 0.717) is 22.5 Å². The molecule has 0 saturated carbocycles. The van der Waals surface area contributed by atoms with Crippen LogP contribution in [0.5, 0.6) is 0 Å². The fourth-order valence-corrected chi connectivity index (χ4v) is 3.22. The number of piperidine rings is 1. The molecule has 3 unspecified atom stereocenters. The minimum absolute atomic E-state index is 0.0975. The van der Waals surface area contributed by atoms with Gasteiger partial charge in [-0.1, -0.05) is 6.92 Å². The lowest BCUT2D eigenvalue weighted by Gasteiger charge is -2.40. The van der Waals surface area contributed by atoms with Crippen molar-refractivity contribution < 1.29 is 4.92 Å². The molecule has 0 amide bonds. The van der Waals surface area contributed by atoms with Crippen molar-refractivity contribution in [2.24, 2.45) is 5.92 Å². The summed E-state index contributed by atoms with van der Waals surface area (Å²) in [5.74, 6) is 0.546. The predicted molar refractivity (Wildman–Crippen MR) is 84.1 cm³/mol. The molecule has 0 radical (unpaired) electrons. The minimum Gasteiger partial charge on any atom is -0.382 e. The third-order valence-electron chi connectivity index (χ3n) is 4.11. The van der Waals surface area contributed by atoms with Crippen LogP contribution in [0.2, 0.25) is 0 Å². The number of nitrogens with one attached hydrogen (secondary N) is 1. The van der Waals surface area contributed by atoms with Crippen molar-refractivity contribution in [2.45, 2.75) is 32.4 Å². The van der Waals surface area contributed by atoms with Gasteiger partial charge in [0.15, 0.2) is 0 Å². The Labute approximate surface area is 127 Å². The summed E-state index contributed by atoms with van der Waals surface area (Å²) in [6, 6.07) is 6.04. The van der Waals surface area contributed by atoms with E-state index in [-0.39, 0.29) is 10.6 Å². The van der Waals surface area contributed by atoms with Gasteiger partial charge in [-0.25, -0.2) is 0 Å². The first kappa shape index (κ1) is 15.3. The number of hydrogen-bond acceptors (Lipinski definition) is 4. The van der Waals surface area contributed by atoms with Crippen molar-refractivity contribution in [3.05, 3.63) is 32.8 Å². The van der Waals surface area contributed by atoms with Gasteiger partial charge >= 0.3 is 0 Å². The Morgan fingerprint density at radius 1 is 1.45 bits per heavy atom. The highest BCUT2D eigenvalue weighted by Crippen LogP contribution is 2.30. The van der Waals surface area contributed by atoms with E-state index in [4.69, 9.17) is 0 Å². The summed E-state index contributed by atoms with van der Waals surface area (Å²) in [4.78, 5) is 12.8. The van der Waals surface area contributed by atoms with E-state index in [1.54, 1.807) is 12.1 Å². The summed E-state index contributed by atoms with van der Waals surface area (Å²) in [6.07, 6.45) is 1.08. The normalized spacial score (nSPS) is 27.3. The Hall–Kier alpha value is -1.14. The molecule has 6 heteroatoms. The molecular weight excluding hydrogens is 322 g/mol. The van der Waals surface area contributed by atoms with Crippen molar-refractivity contribution in [1.29, 1.82) is 0 Å². The lowest BCUT2D eigenvalue weighted by Crippen LogP contribution is -2.48. The van der Waals surface area contributed by atoms with E-state index in [1.165, 1.54) is 6.07 Å². The lowest BCUT2D eigenvalue weighted by atomic mass is 9.89. The highest BCUT2D eigenvalue weighted by molar-refractivity contribution is 9.10. The summed E-state index contributed by atoms with van der Waals surface area (Å²) in [7, 11) is 2.15. The number of hydrogen-bond donors (Lipinski definition) is 1. The van der Waals surface area contributed by atoms with Gasteiger partial charge in [-0.3, -0.25) is 10.1 Å². The van der Waals surface area contributed by atoms with E-state index in [1.807, 2.05) is 0 Å². The number of anilines is 1. The van der Waals surface area contributed by atoms with Gasteiger partial charge in [0.05, 0.1) is 9.40 Å². The Balaban J connectivity index is 2.10. The molecule has 3 atom stereocenters. The van der Waals surface area contributed by atoms with Crippen LogP contribution in [0, 0.1) is 16.0 Å². The standard InChI is InChI=1S/C14H20BrN3O2/c1-9-8-17(3)10(2)6-13(9)16-11-4-5-14(18(19)20)12(15)7-11/h4-5,7,9-10,13,16H,6,8H2,1-3H3. The van der Waals surface area contributed by atoms with Crippen molar-refractivity contribution in [3.8, 4) is 0 Å². The fraction of sp³-hybridized carbons (Fsp3) is 0.571. The molecule has 110 valence electrons. The molecule has 20 heavy (non-hydrogen) atoms. The number of nitrogens with zero attached hydrogens (tertiary/aromatic N) is 2. The maximum Gasteiger partial charge on any atom is 0.283 e. The molecule has 1 heterocycles. The summed E-state index contributed by atoms with van der Waals surface area (Å²) < 4.78 is 0.515. The van der Waals surface area contributed by atoms with Crippen LogP contribution in [-0.4, -0.2) is 35.5 Å². The Kier molecular flexibility index (Phi) is 4.65.